The van der Waals surface area contributed by atoms with Crippen molar-refractivity contribution in [2.45, 2.75) is 25.2 Å². The van der Waals surface area contributed by atoms with Gasteiger partial charge in [0.25, 0.3) is 0 Å². The molecule has 1 aliphatic carbocycles. The molecule has 16 heavy (non-hydrogen) atoms. The Labute approximate surface area is 99.5 Å². The number of rotatable bonds is 3. The zero-order valence-corrected chi connectivity index (χ0v) is 10.2. The standard InChI is InChI=1S/C12H15ClFNO/c1-7-5-8(14)10(13)9(11(7)16-2)12(6-15)3-4-12/h5H,3-4,6,15H2,1-2H3. The molecule has 1 aromatic rings. The third-order valence-corrected chi connectivity index (χ3v) is 3.71. The average molecular weight is 244 g/mol. The first kappa shape index (κ1) is 11.7. The average Bonchev–Trinajstić information content (AvgIpc) is 3.03. The molecular weight excluding hydrogens is 229 g/mol. The summed E-state index contributed by atoms with van der Waals surface area (Å²) in [4.78, 5) is 0. The van der Waals surface area contributed by atoms with E-state index in [4.69, 9.17) is 22.1 Å². The number of aryl methyl sites for hydroxylation is 1. The largest absolute Gasteiger partial charge is 0.496 e. The van der Waals surface area contributed by atoms with E-state index in [1.54, 1.807) is 7.11 Å². The molecule has 0 bridgehead atoms. The van der Waals surface area contributed by atoms with Gasteiger partial charge in [0.2, 0.25) is 0 Å². The van der Waals surface area contributed by atoms with Crippen LogP contribution in [0.2, 0.25) is 5.02 Å². The lowest BCUT2D eigenvalue weighted by Crippen LogP contribution is -2.21. The van der Waals surface area contributed by atoms with Gasteiger partial charge in [-0.05, 0) is 31.4 Å². The van der Waals surface area contributed by atoms with Crippen LogP contribution in [0.15, 0.2) is 6.07 Å². The Balaban J connectivity index is 2.66. The Hall–Kier alpha value is -0.800. The van der Waals surface area contributed by atoms with E-state index >= 15 is 0 Å². The number of ether oxygens (including phenoxy) is 1. The van der Waals surface area contributed by atoms with Gasteiger partial charge in [-0.25, -0.2) is 4.39 Å². The summed E-state index contributed by atoms with van der Waals surface area (Å²) in [5.74, 6) is 0.282. The molecule has 0 radical (unpaired) electrons. The van der Waals surface area contributed by atoms with E-state index in [0.29, 0.717) is 12.3 Å². The monoisotopic (exact) mass is 243 g/mol. The molecule has 0 saturated heterocycles. The molecule has 88 valence electrons. The minimum Gasteiger partial charge on any atom is -0.496 e. The Kier molecular flexibility index (Phi) is 2.84. The van der Waals surface area contributed by atoms with Crippen molar-refractivity contribution in [2.75, 3.05) is 13.7 Å². The summed E-state index contributed by atoms with van der Waals surface area (Å²) >= 11 is 6.04. The van der Waals surface area contributed by atoms with Gasteiger partial charge in [-0.3, -0.25) is 0 Å². The van der Waals surface area contributed by atoms with E-state index in [-0.39, 0.29) is 10.4 Å². The van der Waals surface area contributed by atoms with Crippen LogP contribution in [0.5, 0.6) is 5.75 Å². The van der Waals surface area contributed by atoms with Gasteiger partial charge in [-0.1, -0.05) is 11.6 Å². The van der Waals surface area contributed by atoms with Crippen molar-refractivity contribution in [2.24, 2.45) is 5.73 Å². The molecular formula is C12H15ClFNO. The molecule has 0 atom stereocenters. The first-order valence-corrected chi connectivity index (χ1v) is 5.66. The van der Waals surface area contributed by atoms with Crippen LogP contribution in [0.1, 0.15) is 24.0 Å². The third-order valence-electron chi connectivity index (χ3n) is 3.34. The van der Waals surface area contributed by atoms with Crippen LogP contribution in [-0.2, 0) is 5.41 Å². The minimum atomic E-state index is -0.394. The van der Waals surface area contributed by atoms with Crippen LogP contribution in [-0.4, -0.2) is 13.7 Å². The Morgan fingerprint density at radius 2 is 2.19 bits per heavy atom. The van der Waals surface area contributed by atoms with Crippen LogP contribution in [0.25, 0.3) is 0 Å². The van der Waals surface area contributed by atoms with Crippen molar-refractivity contribution >= 4 is 11.6 Å². The summed E-state index contributed by atoms with van der Waals surface area (Å²) < 4.78 is 19.0. The summed E-state index contributed by atoms with van der Waals surface area (Å²) in [6, 6.07) is 1.40. The second-order valence-electron chi connectivity index (χ2n) is 4.38. The molecule has 2 N–H and O–H groups in total. The van der Waals surface area contributed by atoms with Gasteiger partial charge < -0.3 is 10.5 Å². The fourth-order valence-corrected chi connectivity index (χ4v) is 2.52. The molecule has 1 aliphatic rings. The second-order valence-corrected chi connectivity index (χ2v) is 4.76. The molecule has 1 saturated carbocycles. The Morgan fingerprint density at radius 3 is 2.62 bits per heavy atom. The fraction of sp³-hybridized carbons (Fsp3) is 0.500. The lowest BCUT2D eigenvalue weighted by molar-refractivity contribution is 0.399. The first-order chi connectivity index (χ1) is 7.55. The summed E-state index contributed by atoms with van der Waals surface area (Å²) in [5.41, 5.74) is 7.10. The van der Waals surface area contributed by atoms with Crippen molar-refractivity contribution in [3.05, 3.63) is 28.0 Å². The molecule has 2 nitrogen and oxygen atoms in total. The number of methoxy groups -OCH3 is 1. The van der Waals surface area contributed by atoms with E-state index in [2.05, 4.69) is 0 Å². The predicted octanol–water partition coefficient (Wildman–Crippen LogP) is 2.79. The number of hydrogen-bond donors (Lipinski definition) is 1. The molecule has 1 aromatic carbocycles. The summed E-state index contributed by atoms with van der Waals surface area (Å²) in [5, 5.41) is 0.158. The maximum absolute atomic E-state index is 13.6. The number of hydrogen-bond acceptors (Lipinski definition) is 2. The smallest absolute Gasteiger partial charge is 0.142 e. The van der Waals surface area contributed by atoms with E-state index in [9.17, 15) is 4.39 Å². The third kappa shape index (κ3) is 1.59. The topological polar surface area (TPSA) is 35.2 Å². The fourth-order valence-electron chi connectivity index (χ4n) is 2.18. The Bertz CT molecular complexity index is 430. The molecule has 1 fully saturated rings. The number of benzene rings is 1. The molecule has 0 heterocycles. The van der Waals surface area contributed by atoms with Crippen molar-refractivity contribution in [3.63, 3.8) is 0 Å². The van der Waals surface area contributed by atoms with Gasteiger partial charge >= 0.3 is 0 Å². The van der Waals surface area contributed by atoms with Crippen LogP contribution in [0.3, 0.4) is 0 Å². The van der Waals surface area contributed by atoms with E-state index < -0.39 is 5.82 Å². The van der Waals surface area contributed by atoms with Gasteiger partial charge in [0.1, 0.15) is 11.6 Å². The van der Waals surface area contributed by atoms with Gasteiger partial charge in [0.15, 0.2) is 0 Å². The highest BCUT2D eigenvalue weighted by molar-refractivity contribution is 6.32. The highest BCUT2D eigenvalue weighted by Gasteiger charge is 2.47. The lowest BCUT2D eigenvalue weighted by Gasteiger charge is -2.20. The molecule has 0 amide bonds. The van der Waals surface area contributed by atoms with E-state index in [0.717, 1.165) is 24.0 Å². The number of halogens is 2. The molecule has 0 aliphatic heterocycles. The molecule has 2 rings (SSSR count). The maximum Gasteiger partial charge on any atom is 0.142 e. The SMILES string of the molecule is COc1c(C)cc(F)c(Cl)c1C1(CN)CC1. The maximum atomic E-state index is 13.6. The van der Waals surface area contributed by atoms with Crippen molar-refractivity contribution in [1.29, 1.82) is 0 Å². The van der Waals surface area contributed by atoms with Crippen LogP contribution >= 0.6 is 11.6 Å². The Morgan fingerprint density at radius 1 is 1.56 bits per heavy atom. The molecule has 4 heteroatoms. The van der Waals surface area contributed by atoms with Gasteiger partial charge in [0, 0.05) is 17.5 Å². The second kappa shape index (κ2) is 3.90. The zero-order chi connectivity index (χ0) is 11.9. The highest BCUT2D eigenvalue weighted by Crippen LogP contribution is 2.54. The van der Waals surface area contributed by atoms with E-state index in [1.807, 2.05) is 6.92 Å². The summed E-state index contributed by atoms with van der Waals surface area (Å²) in [7, 11) is 1.58. The van der Waals surface area contributed by atoms with Crippen LogP contribution in [0, 0.1) is 12.7 Å². The van der Waals surface area contributed by atoms with Crippen molar-refractivity contribution in [3.8, 4) is 5.75 Å². The molecule has 0 unspecified atom stereocenters. The highest BCUT2D eigenvalue weighted by atomic mass is 35.5. The van der Waals surface area contributed by atoms with Gasteiger partial charge in [-0.15, -0.1) is 0 Å². The van der Waals surface area contributed by atoms with Crippen molar-refractivity contribution < 1.29 is 9.13 Å². The minimum absolute atomic E-state index is 0.158. The predicted molar refractivity (Wildman–Crippen MR) is 62.7 cm³/mol. The van der Waals surface area contributed by atoms with Crippen molar-refractivity contribution in [1.82, 2.24) is 0 Å². The van der Waals surface area contributed by atoms with Crippen LogP contribution < -0.4 is 10.5 Å². The number of nitrogens with two attached hydrogens (primary N) is 1. The van der Waals surface area contributed by atoms with Gasteiger partial charge in [0.05, 0.1) is 12.1 Å². The zero-order valence-electron chi connectivity index (χ0n) is 9.44. The molecule has 0 aromatic heterocycles. The normalized spacial score (nSPS) is 17.3. The van der Waals surface area contributed by atoms with Crippen LogP contribution in [0.4, 0.5) is 4.39 Å². The quantitative estimate of drug-likeness (QED) is 0.886. The van der Waals surface area contributed by atoms with Gasteiger partial charge in [-0.2, -0.15) is 0 Å². The summed E-state index contributed by atoms with van der Waals surface area (Å²) in [6.07, 6.45) is 1.89. The molecule has 0 spiro atoms. The first-order valence-electron chi connectivity index (χ1n) is 5.29. The summed E-state index contributed by atoms with van der Waals surface area (Å²) in [6.45, 7) is 2.29. The lowest BCUT2D eigenvalue weighted by atomic mass is 9.93. The van der Waals surface area contributed by atoms with E-state index in [1.165, 1.54) is 6.07 Å².